The molecule has 0 fully saturated rings. The van der Waals surface area contributed by atoms with E-state index in [0.29, 0.717) is 18.4 Å². The van der Waals surface area contributed by atoms with Gasteiger partial charge in [-0.1, -0.05) is 25.5 Å². The van der Waals surface area contributed by atoms with Gasteiger partial charge >= 0.3 is 0 Å². The Balaban J connectivity index is 1.64. The molecule has 3 aromatic carbocycles. The molecule has 0 unspecified atom stereocenters. The molecule has 2 nitrogen and oxygen atoms in total. The van der Waals surface area contributed by atoms with E-state index in [1.54, 1.807) is 0 Å². The average molecular weight is 440 g/mol. The van der Waals surface area contributed by atoms with Crippen LogP contribution in [0.2, 0.25) is 0 Å². The molecular weight excluding hydrogens is 422 g/mol. The number of ether oxygens (including phenoxy) is 2. The number of hydrogen-bond acceptors (Lipinski definition) is 2. The zero-order valence-corrected chi connectivity index (χ0v) is 16.5. The first kappa shape index (κ1) is 22.5. The van der Waals surface area contributed by atoms with E-state index in [1.165, 1.54) is 24.3 Å². The molecule has 8 heteroatoms. The Morgan fingerprint density at radius 3 is 1.84 bits per heavy atom. The SMILES string of the molecule is CCCc1ccc(OCc2ccc(OCc3cc(F)c(F)c(F)c3)c(F)c2)c(F)c1F. The largest absolute Gasteiger partial charge is 0.486 e. The Hall–Kier alpha value is -3.16. The summed E-state index contributed by atoms with van der Waals surface area (Å²) in [6.07, 6.45) is 1.06. The van der Waals surface area contributed by atoms with Crippen molar-refractivity contribution in [3.8, 4) is 11.5 Å². The van der Waals surface area contributed by atoms with Gasteiger partial charge in [-0.05, 0) is 53.4 Å². The van der Waals surface area contributed by atoms with Crippen molar-refractivity contribution in [1.82, 2.24) is 0 Å². The van der Waals surface area contributed by atoms with Crippen LogP contribution >= 0.6 is 0 Å². The molecule has 164 valence electrons. The summed E-state index contributed by atoms with van der Waals surface area (Å²) >= 11 is 0. The van der Waals surface area contributed by atoms with Crippen LogP contribution in [0.15, 0.2) is 42.5 Å². The van der Waals surface area contributed by atoms with E-state index < -0.39 is 41.5 Å². The van der Waals surface area contributed by atoms with Crippen LogP contribution in [0.5, 0.6) is 11.5 Å². The Bertz CT molecular complexity index is 1060. The zero-order chi connectivity index (χ0) is 22.5. The first-order chi connectivity index (χ1) is 14.8. The van der Waals surface area contributed by atoms with E-state index in [4.69, 9.17) is 9.47 Å². The minimum Gasteiger partial charge on any atom is -0.486 e. The van der Waals surface area contributed by atoms with Gasteiger partial charge in [-0.25, -0.2) is 22.0 Å². The van der Waals surface area contributed by atoms with Gasteiger partial charge in [0.05, 0.1) is 0 Å². The molecular formula is C23H18F6O2. The Kier molecular flexibility index (Phi) is 7.09. The maximum absolute atomic E-state index is 14.3. The number of hydrogen-bond donors (Lipinski definition) is 0. The second-order valence-corrected chi connectivity index (χ2v) is 6.82. The lowest BCUT2D eigenvalue weighted by molar-refractivity contribution is 0.278. The number of halogens is 6. The first-order valence-electron chi connectivity index (χ1n) is 9.44. The quantitative estimate of drug-likeness (QED) is 0.289. The molecule has 3 aromatic rings. The third kappa shape index (κ3) is 5.31. The Morgan fingerprint density at radius 2 is 1.19 bits per heavy atom. The topological polar surface area (TPSA) is 18.5 Å². The maximum Gasteiger partial charge on any atom is 0.200 e. The number of aryl methyl sites for hydroxylation is 1. The Morgan fingerprint density at radius 1 is 0.613 bits per heavy atom. The predicted molar refractivity (Wildman–Crippen MR) is 102 cm³/mol. The fraction of sp³-hybridized carbons (Fsp3) is 0.217. The summed E-state index contributed by atoms with van der Waals surface area (Å²) < 4.78 is 92.2. The smallest absolute Gasteiger partial charge is 0.200 e. The lowest BCUT2D eigenvalue weighted by Gasteiger charge is -2.12. The van der Waals surface area contributed by atoms with Crippen molar-refractivity contribution < 1.29 is 35.8 Å². The molecule has 0 amide bonds. The molecule has 0 radical (unpaired) electrons. The van der Waals surface area contributed by atoms with Gasteiger partial charge in [0, 0.05) is 0 Å². The van der Waals surface area contributed by atoms with Crippen molar-refractivity contribution in [3.05, 3.63) is 94.1 Å². The lowest BCUT2D eigenvalue weighted by atomic mass is 10.1. The maximum atomic E-state index is 14.3. The van der Waals surface area contributed by atoms with Gasteiger partial charge in [0.15, 0.2) is 40.6 Å². The molecule has 0 spiro atoms. The summed E-state index contributed by atoms with van der Waals surface area (Å²) in [7, 11) is 0. The van der Waals surface area contributed by atoms with E-state index in [-0.39, 0.29) is 29.2 Å². The van der Waals surface area contributed by atoms with E-state index in [0.717, 1.165) is 18.2 Å². The molecule has 0 bridgehead atoms. The average Bonchev–Trinajstić information content (AvgIpc) is 2.74. The molecule has 0 aliphatic heterocycles. The van der Waals surface area contributed by atoms with Gasteiger partial charge in [0.25, 0.3) is 0 Å². The molecule has 0 saturated heterocycles. The molecule has 0 aliphatic rings. The van der Waals surface area contributed by atoms with Gasteiger partial charge in [-0.2, -0.15) is 4.39 Å². The summed E-state index contributed by atoms with van der Waals surface area (Å²) in [6.45, 7) is 1.23. The van der Waals surface area contributed by atoms with E-state index in [1.807, 2.05) is 6.92 Å². The minimum atomic E-state index is -1.60. The van der Waals surface area contributed by atoms with Crippen molar-refractivity contribution >= 4 is 0 Å². The first-order valence-corrected chi connectivity index (χ1v) is 9.44. The van der Waals surface area contributed by atoms with Crippen LogP contribution in [0.25, 0.3) is 0 Å². The summed E-state index contributed by atoms with van der Waals surface area (Å²) in [5, 5.41) is 0. The standard InChI is InChI=1S/C23H18F6O2/c1-2-3-15-5-7-20(23(29)21(15)27)31-11-13-4-6-19(16(24)8-13)30-12-14-9-17(25)22(28)18(26)10-14/h4-10H,2-3,11-12H2,1H3. The van der Waals surface area contributed by atoms with Crippen LogP contribution < -0.4 is 9.47 Å². The van der Waals surface area contributed by atoms with Gasteiger partial charge in [0.1, 0.15) is 13.2 Å². The highest BCUT2D eigenvalue weighted by atomic mass is 19.2. The Labute approximate surface area is 175 Å². The summed E-state index contributed by atoms with van der Waals surface area (Å²) in [6, 6.07) is 8.01. The fourth-order valence-corrected chi connectivity index (χ4v) is 2.91. The highest BCUT2D eigenvalue weighted by molar-refractivity contribution is 5.33. The van der Waals surface area contributed by atoms with Crippen LogP contribution in [0.1, 0.15) is 30.0 Å². The van der Waals surface area contributed by atoms with Gasteiger partial charge in [-0.3, -0.25) is 0 Å². The van der Waals surface area contributed by atoms with Crippen molar-refractivity contribution in [2.24, 2.45) is 0 Å². The second kappa shape index (κ2) is 9.76. The number of benzene rings is 3. The molecule has 31 heavy (non-hydrogen) atoms. The normalized spacial score (nSPS) is 10.9. The van der Waals surface area contributed by atoms with Crippen LogP contribution in [-0.4, -0.2) is 0 Å². The van der Waals surface area contributed by atoms with E-state index in [9.17, 15) is 26.3 Å². The number of rotatable bonds is 8. The highest BCUT2D eigenvalue weighted by Crippen LogP contribution is 2.26. The van der Waals surface area contributed by atoms with Crippen LogP contribution in [0.4, 0.5) is 26.3 Å². The van der Waals surface area contributed by atoms with E-state index in [2.05, 4.69) is 0 Å². The predicted octanol–water partition coefficient (Wildman–Crippen LogP) is 6.63. The lowest BCUT2D eigenvalue weighted by Crippen LogP contribution is -2.03. The second-order valence-electron chi connectivity index (χ2n) is 6.82. The molecule has 0 saturated carbocycles. The van der Waals surface area contributed by atoms with Gasteiger partial charge in [0.2, 0.25) is 5.82 Å². The molecule has 0 aliphatic carbocycles. The third-order valence-electron chi connectivity index (χ3n) is 4.47. The monoisotopic (exact) mass is 440 g/mol. The summed E-state index contributed by atoms with van der Waals surface area (Å²) in [4.78, 5) is 0. The van der Waals surface area contributed by atoms with Crippen molar-refractivity contribution in [3.63, 3.8) is 0 Å². The third-order valence-corrected chi connectivity index (χ3v) is 4.47. The molecule has 0 N–H and O–H groups in total. The van der Waals surface area contributed by atoms with Crippen molar-refractivity contribution in [2.45, 2.75) is 33.0 Å². The van der Waals surface area contributed by atoms with E-state index >= 15 is 0 Å². The molecule has 0 heterocycles. The van der Waals surface area contributed by atoms with Crippen molar-refractivity contribution in [1.29, 1.82) is 0 Å². The van der Waals surface area contributed by atoms with Crippen LogP contribution in [0.3, 0.4) is 0 Å². The van der Waals surface area contributed by atoms with Gasteiger partial charge in [-0.15, -0.1) is 0 Å². The molecule has 0 aromatic heterocycles. The van der Waals surface area contributed by atoms with Crippen molar-refractivity contribution in [2.75, 3.05) is 0 Å². The molecule has 3 rings (SSSR count). The summed E-state index contributed by atoms with van der Waals surface area (Å²) in [5.74, 6) is -7.73. The fourth-order valence-electron chi connectivity index (χ4n) is 2.91. The highest BCUT2D eigenvalue weighted by Gasteiger charge is 2.15. The van der Waals surface area contributed by atoms with Gasteiger partial charge < -0.3 is 9.47 Å². The molecule has 0 atom stereocenters. The minimum absolute atomic E-state index is 0.0211. The van der Waals surface area contributed by atoms with Crippen LogP contribution in [-0.2, 0) is 19.6 Å². The van der Waals surface area contributed by atoms with Crippen LogP contribution in [0, 0.1) is 34.9 Å². The summed E-state index contributed by atoms with van der Waals surface area (Å²) in [5.41, 5.74) is 0.550. The zero-order valence-electron chi connectivity index (χ0n) is 16.5.